The van der Waals surface area contributed by atoms with Crippen LogP contribution in [0.1, 0.15) is 55.3 Å². The summed E-state index contributed by atoms with van der Waals surface area (Å²) in [7, 11) is 1.22. The van der Waals surface area contributed by atoms with E-state index >= 15 is 0 Å². The normalized spacial score (nSPS) is 17.6. The van der Waals surface area contributed by atoms with Crippen LogP contribution >= 0.6 is 0 Å². The Kier molecular flexibility index (Phi) is 11.9. The Hall–Kier alpha value is -7.16. The van der Waals surface area contributed by atoms with Gasteiger partial charge in [0.1, 0.15) is 29.5 Å². The van der Waals surface area contributed by atoms with Gasteiger partial charge >= 0.3 is 12.2 Å². The van der Waals surface area contributed by atoms with Crippen LogP contribution in [0.25, 0.3) is 22.3 Å². The van der Waals surface area contributed by atoms with E-state index in [0.717, 1.165) is 16.5 Å². The molecule has 0 radical (unpaired) electrons. The molecule has 15 heteroatoms. The lowest BCUT2D eigenvalue weighted by atomic mass is 9.93. The fraction of sp³-hybridized carbons (Fsp3) is 0.289. The number of primary amides is 1. The molecule has 4 atom stereocenters. The molecule has 2 unspecified atom stereocenters. The molecule has 0 aliphatic carbocycles. The van der Waals surface area contributed by atoms with Gasteiger partial charge < -0.3 is 45.4 Å². The molecule has 1 aromatic heterocycles. The van der Waals surface area contributed by atoms with E-state index in [2.05, 4.69) is 16.0 Å². The Morgan fingerprint density at radius 3 is 2.02 bits per heavy atom. The van der Waals surface area contributed by atoms with E-state index in [9.17, 15) is 28.8 Å². The highest BCUT2D eigenvalue weighted by molar-refractivity contribution is 6.01. The molecular formula is C45H46N6O9. The zero-order chi connectivity index (χ0) is 42.6. The second-order valence-corrected chi connectivity index (χ2v) is 15.0. The van der Waals surface area contributed by atoms with Crippen LogP contribution in [0.3, 0.4) is 0 Å². The molecule has 2 saturated heterocycles. The molecule has 2 fully saturated rings. The van der Waals surface area contributed by atoms with Gasteiger partial charge in [0.05, 0.1) is 7.11 Å². The number of rotatable bonds is 11. The van der Waals surface area contributed by atoms with Crippen molar-refractivity contribution in [1.82, 2.24) is 15.1 Å². The van der Waals surface area contributed by atoms with Gasteiger partial charge in [-0.25, -0.2) is 9.59 Å². The van der Waals surface area contributed by atoms with Crippen molar-refractivity contribution >= 4 is 58.2 Å². The number of benzene rings is 4. The van der Waals surface area contributed by atoms with Crippen molar-refractivity contribution in [2.24, 2.45) is 5.73 Å². The van der Waals surface area contributed by atoms with E-state index in [1.165, 1.54) is 23.8 Å². The largest absolute Gasteiger partial charge is 0.456 e. The number of carbonyl (C=O) groups is 6. The van der Waals surface area contributed by atoms with E-state index < -0.39 is 47.7 Å². The van der Waals surface area contributed by atoms with Gasteiger partial charge in [-0.2, -0.15) is 0 Å². The average molecular weight is 815 g/mol. The summed E-state index contributed by atoms with van der Waals surface area (Å²) in [5.74, 6) is -1.11. The smallest absolute Gasteiger partial charge is 0.407 e. The van der Waals surface area contributed by atoms with E-state index in [4.69, 9.17) is 19.6 Å². The van der Waals surface area contributed by atoms with E-state index in [1.54, 1.807) is 91.0 Å². The zero-order valence-corrected chi connectivity index (χ0v) is 33.4. The minimum Gasteiger partial charge on any atom is -0.456 e. The molecular weight excluding hydrogens is 769 g/mol. The first-order chi connectivity index (χ1) is 28.9. The van der Waals surface area contributed by atoms with Crippen LogP contribution in [0, 0.1) is 6.92 Å². The van der Waals surface area contributed by atoms with E-state index in [-0.39, 0.29) is 11.8 Å². The number of amides is 6. The Bertz CT molecular complexity index is 2420. The Morgan fingerprint density at radius 1 is 0.783 bits per heavy atom. The van der Waals surface area contributed by atoms with Crippen LogP contribution in [-0.4, -0.2) is 77.9 Å². The third-order valence-corrected chi connectivity index (χ3v) is 11.0. The van der Waals surface area contributed by atoms with Gasteiger partial charge in [0.2, 0.25) is 17.4 Å². The predicted molar refractivity (Wildman–Crippen MR) is 222 cm³/mol. The molecule has 15 nitrogen and oxygen atoms in total. The fourth-order valence-corrected chi connectivity index (χ4v) is 8.03. The second kappa shape index (κ2) is 17.4. The maximum absolute atomic E-state index is 13.9. The third-order valence-electron chi connectivity index (χ3n) is 11.0. The van der Waals surface area contributed by atoms with E-state index in [0.29, 0.717) is 72.6 Å². The molecule has 4 aromatic carbocycles. The number of aryl methyl sites for hydroxylation is 1. The SMILES string of the molecule is COC(=O)NC(C(=O)N1CCCC1C(=O)Nc1cc(C)c2oc(-c3ccc(NC(=O)[C@@H]4CCCN4C(=O)[C@](C)(OC(N)=O)c4ccccc4)cc3)cc2c1)c1ccccc1. The highest BCUT2D eigenvalue weighted by Gasteiger charge is 2.47. The summed E-state index contributed by atoms with van der Waals surface area (Å²) in [6, 6.07) is 27.4. The minimum atomic E-state index is -1.72. The van der Waals surface area contributed by atoms with Gasteiger partial charge in [0.25, 0.3) is 11.8 Å². The van der Waals surface area contributed by atoms with E-state index in [1.807, 2.05) is 19.1 Å². The highest BCUT2D eigenvalue weighted by atomic mass is 16.6. The first-order valence-electron chi connectivity index (χ1n) is 19.7. The predicted octanol–water partition coefficient (Wildman–Crippen LogP) is 6.38. The van der Waals surface area contributed by atoms with Crippen molar-refractivity contribution in [2.45, 2.75) is 63.3 Å². The molecule has 6 amide bonds. The molecule has 2 aliphatic rings. The van der Waals surface area contributed by atoms with Crippen molar-refractivity contribution in [2.75, 3.05) is 30.8 Å². The molecule has 60 heavy (non-hydrogen) atoms. The maximum atomic E-state index is 13.9. The molecule has 5 aromatic rings. The molecule has 310 valence electrons. The number of hydrogen-bond acceptors (Lipinski definition) is 9. The highest BCUT2D eigenvalue weighted by Crippen LogP contribution is 2.35. The lowest BCUT2D eigenvalue weighted by molar-refractivity contribution is -0.153. The number of fused-ring (bicyclic) bond motifs is 1. The number of alkyl carbamates (subject to hydrolysis) is 1. The van der Waals surface area contributed by atoms with Gasteiger partial charge in [-0.3, -0.25) is 19.2 Å². The number of carbonyl (C=O) groups excluding carboxylic acids is 6. The Labute approximate surface area is 346 Å². The first kappa shape index (κ1) is 41.0. The lowest BCUT2D eigenvalue weighted by Gasteiger charge is -2.34. The number of nitrogens with one attached hydrogen (secondary N) is 3. The standard InChI is InChI=1S/C45H46N6O9/c1-27-24-33(48-39(52)34-16-10-22-50(34)41(54)37(49-44(57)58-3)29-12-6-4-7-13-29)25-30-26-36(59-38(27)30)28-18-20-32(21-19-28)47-40(53)35-17-11-23-51(35)42(55)45(2,60-43(46)56)31-14-8-5-9-15-31/h4-9,12-15,18-21,24-26,34-35,37H,10-11,16-17,22-23H2,1-3H3,(H2,46,56)(H,47,53)(H,48,52)(H,49,57)/t34?,35-,37?,45+/m0/s1. The van der Waals surface area contributed by atoms with Crippen LogP contribution < -0.4 is 21.7 Å². The number of likely N-dealkylation sites (tertiary alicyclic amines) is 2. The summed E-state index contributed by atoms with van der Waals surface area (Å²) in [5, 5.41) is 9.26. The molecule has 0 spiro atoms. The lowest BCUT2D eigenvalue weighted by Crippen LogP contribution is -2.52. The van der Waals surface area contributed by atoms with Crippen molar-refractivity contribution in [1.29, 1.82) is 0 Å². The summed E-state index contributed by atoms with van der Waals surface area (Å²) in [6.45, 7) is 4.01. The van der Waals surface area contributed by atoms with Crippen LogP contribution in [0.2, 0.25) is 0 Å². The number of methoxy groups -OCH3 is 1. The molecule has 7 rings (SSSR count). The quantitative estimate of drug-likeness (QED) is 0.117. The first-order valence-corrected chi connectivity index (χ1v) is 19.7. The average Bonchev–Trinajstić information content (AvgIpc) is 4.04. The molecule has 0 saturated carbocycles. The molecule has 2 aliphatic heterocycles. The van der Waals surface area contributed by atoms with Gasteiger partial charge in [0.15, 0.2) is 0 Å². The zero-order valence-electron chi connectivity index (χ0n) is 33.4. The Balaban J connectivity index is 1.02. The van der Waals surface area contributed by atoms with Crippen LogP contribution in [0.15, 0.2) is 108 Å². The summed E-state index contributed by atoms with van der Waals surface area (Å²) in [5.41, 5.74) is 7.85. The van der Waals surface area contributed by atoms with Gasteiger partial charge in [0, 0.05) is 41.0 Å². The monoisotopic (exact) mass is 814 g/mol. The van der Waals surface area contributed by atoms with Gasteiger partial charge in [-0.15, -0.1) is 0 Å². The summed E-state index contributed by atoms with van der Waals surface area (Å²) >= 11 is 0. The van der Waals surface area contributed by atoms with Crippen LogP contribution in [0.5, 0.6) is 0 Å². The van der Waals surface area contributed by atoms with Crippen molar-refractivity contribution in [3.8, 4) is 11.3 Å². The van der Waals surface area contributed by atoms with Crippen molar-refractivity contribution in [3.63, 3.8) is 0 Å². The summed E-state index contributed by atoms with van der Waals surface area (Å²) in [6.07, 6.45) is 0.238. The second-order valence-electron chi connectivity index (χ2n) is 15.0. The van der Waals surface area contributed by atoms with Crippen molar-refractivity contribution < 1.29 is 42.7 Å². The third kappa shape index (κ3) is 8.51. The molecule has 5 N–H and O–H groups in total. The fourth-order valence-electron chi connectivity index (χ4n) is 8.03. The summed E-state index contributed by atoms with van der Waals surface area (Å²) < 4.78 is 16.4. The van der Waals surface area contributed by atoms with Crippen LogP contribution in [-0.2, 0) is 34.3 Å². The topological polar surface area (TPSA) is 203 Å². The van der Waals surface area contributed by atoms with Crippen molar-refractivity contribution in [3.05, 3.63) is 120 Å². The minimum absolute atomic E-state index is 0.307. The number of ether oxygens (including phenoxy) is 2. The number of anilines is 2. The van der Waals surface area contributed by atoms with Crippen LogP contribution in [0.4, 0.5) is 21.0 Å². The maximum Gasteiger partial charge on any atom is 0.407 e. The number of hydrogen-bond donors (Lipinski definition) is 4. The number of nitrogens with zero attached hydrogens (tertiary/aromatic N) is 2. The Morgan fingerprint density at radius 2 is 1.38 bits per heavy atom. The molecule has 3 heterocycles. The summed E-state index contributed by atoms with van der Waals surface area (Å²) in [4.78, 5) is 82.0. The number of furan rings is 1. The van der Waals surface area contributed by atoms with Gasteiger partial charge in [-0.05, 0) is 93.1 Å². The van der Waals surface area contributed by atoms with Gasteiger partial charge in [-0.1, -0.05) is 60.7 Å². The number of nitrogens with two attached hydrogens (primary N) is 1. The molecule has 0 bridgehead atoms.